The van der Waals surface area contributed by atoms with Crippen LogP contribution in [-0.4, -0.2) is 42.4 Å². The number of non-ortho nitro benzene ring substituents is 1. The van der Waals surface area contributed by atoms with Crippen molar-refractivity contribution in [2.75, 3.05) is 5.75 Å². The number of rotatable bonds is 6. The molecule has 0 aliphatic heterocycles. The molecule has 0 radical (unpaired) electrons. The molecule has 2 aromatic heterocycles. The molecule has 0 unspecified atom stereocenters. The summed E-state index contributed by atoms with van der Waals surface area (Å²) in [5, 5.41) is 27.2. The van der Waals surface area contributed by atoms with Gasteiger partial charge >= 0.3 is 0 Å². The van der Waals surface area contributed by atoms with Crippen molar-refractivity contribution in [1.29, 1.82) is 0 Å². The van der Waals surface area contributed by atoms with Gasteiger partial charge in [0.15, 0.2) is 5.65 Å². The van der Waals surface area contributed by atoms with E-state index >= 15 is 0 Å². The molecule has 3 aromatic rings. The van der Waals surface area contributed by atoms with Crippen molar-refractivity contribution in [3.05, 3.63) is 46.5 Å². The third-order valence-corrected chi connectivity index (χ3v) is 5.56. The fourth-order valence-electron chi connectivity index (χ4n) is 3.26. The minimum Gasteiger partial charge on any atom is -0.353 e. The lowest BCUT2D eigenvalue weighted by atomic mass is 10.1. The van der Waals surface area contributed by atoms with Crippen molar-refractivity contribution in [2.24, 2.45) is 0 Å². The van der Waals surface area contributed by atoms with E-state index in [1.807, 2.05) is 0 Å². The van der Waals surface area contributed by atoms with Crippen molar-refractivity contribution in [1.82, 2.24) is 25.1 Å². The zero-order chi connectivity index (χ0) is 19.5. The van der Waals surface area contributed by atoms with E-state index in [-0.39, 0.29) is 23.4 Å². The maximum absolute atomic E-state index is 12.1. The fraction of sp³-hybridized carbons (Fsp3) is 0.333. The molecular weight excluding hydrogens is 380 g/mol. The summed E-state index contributed by atoms with van der Waals surface area (Å²) in [7, 11) is 0. The van der Waals surface area contributed by atoms with Gasteiger partial charge in [0.1, 0.15) is 0 Å². The first-order chi connectivity index (χ1) is 13.6. The number of nitro benzene ring substituents is 1. The minimum absolute atomic E-state index is 0.00124. The highest BCUT2D eigenvalue weighted by Crippen LogP contribution is 2.24. The smallest absolute Gasteiger partial charge is 0.270 e. The summed E-state index contributed by atoms with van der Waals surface area (Å²) in [4.78, 5) is 22.7. The number of fused-ring (bicyclic) bond motifs is 1. The van der Waals surface area contributed by atoms with Gasteiger partial charge < -0.3 is 5.32 Å². The first-order valence-corrected chi connectivity index (χ1v) is 9.98. The molecule has 1 saturated carbocycles. The van der Waals surface area contributed by atoms with Gasteiger partial charge in [0.05, 0.1) is 16.4 Å². The highest BCUT2D eigenvalue weighted by Gasteiger charge is 2.18. The number of carbonyl (C=O) groups is 1. The quantitative estimate of drug-likeness (QED) is 0.386. The van der Waals surface area contributed by atoms with Crippen molar-refractivity contribution < 1.29 is 9.72 Å². The average Bonchev–Trinajstić information content (AvgIpc) is 3.35. The third kappa shape index (κ3) is 3.96. The van der Waals surface area contributed by atoms with Gasteiger partial charge in [-0.25, -0.2) is 0 Å². The second-order valence-corrected chi connectivity index (χ2v) is 7.56. The summed E-state index contributed by atoms with van der Waals surface area (Å²) in [5.41, 5.74) is 1.74. The summed E-state index contributed by atoms with van der Waals surface area (Å²) < 4.78 is 1.56. The Morgan fingerprint density at radius 2 is 2.07 bits per heavy atom. The van der Waals surface area contributed by atoms with Crippen LogP contribution in [0, 0.1) is 10.1 Å². The van der Waals surface area contributed by atoms with Gasteiger partial charge in [-0.3, -0.25) is 14.9 Å². The fourth-order valence-corrected chi connectivity index (χ4v) is 3.96. The number of benzene rings is 1. The van der Waals surface area contributed by atoms with Crippen molar-refractivity contribution >= 4 is 29.0 Å². The van der Waals surface area contributed by atoms with E-state index in [1.165, 1.54) is 23.9 Å². The number of hydrogen-bond donors (Lipinski definition) is 1. The van der Waals surface area contributed by atoms with E-state index in [1.54, 1.807) is 28.8 Å². The average molecular weight is 398 g/mol. The SMILES string of the molecule is O=C(CSc1nnc2ccc(-c3cccc([N+](=O)[O-])c3)nn12)NC1CCCC1. The molecule has 10 heteroatoms. The topological polar surface area (TPSA) is 115 Å². The summed E-state index contributed by atoms with van der Waals surface area (Å²) in [6.07, 6.45) is 4.41. The molecule has 28 heavy (non-hydrogen) atoms. The number of carbonyl (C=O) groups excluding carboxylic acids is 1. The number of nitrogens with zero attached hydrogens (tertiary/aromatic N) is 5. The Bertz CT molecular complexity index is 1030. The molecule has 2 heterocycles. The first-order valence-electron chi connectivity index (χ1n) is 8.99. The number of nitro groups is 1. The second-order valence-electron chi connectivity index (χ2n) is 6.62. The molecule has 1 aliphatic carbocycles. The standard InChI is InChI=1S/C18H18N6O3S/c25-17(19-13-5-1-2-6-13)11-28-18-21-20-16-9-8-15(22-23(16)18)12-4-3-7-14(10-12)24(26)27/h3-4,7-10,13H,1-2,5-6,11H2,(H,19,25). The molecule has 0 bridgehead atoms. The van der Waals surface area contributed by atoms with Gasteiger partial charge in [-0.1, -0.05) is 36.7 Å². The molecule has 0 atom stereocenters. The van der Waals surface area contributed by atoms with Crippen LogP contribution in [0.2, 0.25) is 0 Å². The Morgan fingerprint density at radius 1 is 1.25 bits per heavy atom. The number of amides is 1. The van der Waals surface area contributed by atoms with Gasteiger partial charge in [0, 0.05) is 23.7 Å². The Labute approximate surface area is 164 Å². The maximum atomic E-state index is 12.1. The van der Waals surface area contributed by atoms with Crippen LogP contribution in [0.15, 0.2) is 41.6 Å². The third-order valence-electron chi connectivity index (χ3n) is 4.64. The van der Waals surface area contributed by atoms with Crippen LogP contribution in [0.1, 0.15) is 25.7 Å². The molecule has 1 amide bonds. The Balaban J connectivity index is 1.52. The van der Waals surface area contributed by atoms with Crippen LogP contribution in [-0.2, 0) is 4.79 Å². The molecule has 0 saturated heterocycles. The van der Waals surface area contributed by atoms with Gasteiger partial charge in [0.2, 0.25) is 11.1 Å². The van der Waals surface area contributed by atoms with Gasteiger partial charge in [-0.15, -0.1) is 10.2 Å². The Hall–Kier alpha value is -3.01. The molecule has 144 valence electrons. The van der Waals surface area contributed by atoms with Crippen LogP contribution >= 0.6 is 11.8 Å². The largest absolute Gasteiger partial charge is 0.353 e. The zero-order valence-electron chi connectivity index (χ0n) is 14.9. The molecular formula is C18H18N6O3S. The van der Waals surface area contributed by atoms with Crippen LogP contribution in [0.25, 0.3) is 16.9 Å². The van der Waals surface area contributed by atoms with Gasteiger partial charge in [0.25, 0.3) is 5.69 Å². The molecule has 1 N–H and O–H groups in total. The summed E-state index contributed by atoms with van der Waals surface area (Å²) >= 11 is 1.27. The van der Waals surface area contributed by atoms with Crippen LogP contribution in [0.5, 0.6) is 0 Å². The first kappa shape index (κ1) is 18.4. The molecule has 1 aliphatic rings. The van der Waals surface area contributed by atoms with E-state index < -0.39 is 4.92 Å². The zero-order valence-corrected chi connectivity index (χ0v) is 15.8. The van der Waals surface area contributed by atoms with Crippen LogP contribution in [0.4, 0.5) is 5.69 Å². The molecule has 4 rings (SSSR count). The summed E-state index contributed by atoms with van der Waals surface area (Å²) in [6, 6.07) is 10.1. The van der Waals surface area contributed by atoms with Gasteiger partial charge in [-0.2, -0.15) is 9.61 Å². The Morgan fingerprint density at radius 3 is 2.86 bits per heavy atom. The maximum Gasteiger partial charge on any atom is 0.270 e. The number of thioether (sulfide) groups is 1. The molecule has 0 spiro atoms. The normalized spacial score (nSPS) is 14.4. The number of nitrogens with one attached hydrogen (secondary N) is 1. The second kappa shape index (κ2) is 7.93. The Kier molecular flexibility index (Phi) is 5.20. The van der Waals surface area contributed by atoms with Crippen LogP contribution in [0.3, 0.4) is 0 Å². The molecule has 1 aromatic carbocycles. The van der Waals surface area contributed by atoms with Crippen molar-refractivity contribution in [3.63, 3.8) is 0 Å². The lowest BCUT2D eigenvalue weighted by Crippen LogP contribution is -2.33. The van der Waals surface area contributed by atoms with E-state index in [2.05, 4.69) is 20.6 Å². The predicted octanol–water partition coefficient (Wildman–Crippen LogP) is 2.85. The lowest BCUT2D eigenvalue weighted by molar-refractivity contribution is -0.384. The van der Waals surface area contributed by atoms with Crippen molar-refractivity contribution in [2.45, 2.75) is 36.9 Å². The van der Waals surface area contributed by atoms with Crippen LogP contribution < -0.4 is 5.32 Å². The van der Waals surface area contributed by atoms with E-state index in [4.69, 9.17) is 0 Å². The molecule has 1 fully saturated rings. The number of aromatic nitrogens is 4. The highest BCUT2D eigenvalue weighted by molar-refractivity contribution is 7.99. The molecule has 9 nitrogen and oxygen atoms in total. The monoisotopic (exact) mass is 398 g/mol. The van der Waals surface area contributed by atoms with Crippen molar-refractivity contribution in [3.8, 4) is 11.3 Å². The minimum atomic E-state index is -0.439. The van der Waals surface area contributed by atoms with Gasteiger partial charge in [-0.05, 0) is 25.0 Å². The van der Waals surface area contributed by atoms with E-state index in [0.717, 1.165) is 25.7 Å². The van der Waals surface area contributed by atoms with E-state index in [9.17, 15) is 14.9 Å². The summed E-state index contributed by atoms with van der Waals surface area (Å²) in [6.45, 7) is 0. The lowest BCUT2D eigenvalue weighted by Gasteiger charge is -2.10. The summed E-state index contributed by atoms with van der Waals surface area (Å²) in [5.74, 6) is 0.212. The predicted molar refractivity (Wildman–Crippen MR) is 104 cm³/mol. The highest BCUT2D eigenvalue weighted by atomic mass is 32.2. The number of hydrogen-bond acceptors (Lipinski definition) is 7. The van der Waals surface area contributed by atoms with E-state index in [0.29, 0.717) is 22.1 Å².